The SMILES string of the molecule is CCC[CH2][SnH]([CH2]CCC)[CH](S)CS. The van der Waals surface area contributed by atoms with Crippen molar-refractivity contribution in [3.8, 4) is 0 Å². The summed E-state index contributed by atoms with van der Waals surface area (Å²) in [4.78, 5) is 0. The predicted molar refractivity (Wildman–Crippen MR) is 73.2 cm³/mol. The third kappa shape index (κ3) is 7.43. The minimum atomic E-state index is -1.28. The summed E-state index contributed by atoms with van der Waals surface area (Å²) in [6.07, 6.45) is 5.59. The average molecular weight is 327 g/mol. The van der Waals surface area contributed by atoms with E-state index in [-0.39, 0.29) is 0 Å². The van der Waals surface area contributed by atoms with Gasteiger partial charge < -0.3 is 0 Å². The van der Waals surface area contributed by atoms with Gasteiger partial charge in [0.15, 0.2) is 0 Å². The van der Waals surface area contributed by atoms with Crippen molar-refractivity contribution < 1.29 is 0 Å². The van der Waals surface area contributed by atoms with E-state index in [0.717, 1.165) is 5.75 Å². The zero-order valence-electron chi connectivity index (χ0n) is 9.00. The summed E-state index contributed by atoms with van der Waals surface area (Å²) in [6.45, 7) is 4.58. The number of hydrogen-bond acceptors (Lipinski definition) is 2. The fourth-order valence-corrected chi connectivity index (χ4v) is 14.8. The van der Waals surface area contributed by atoms with Crippen LogP contribution in [-0.2, 0) is 0 Å². The number of hydrogen-bond donors (Lipinski definition) is 2. The summed E-state index contributed by atoms with van der Waals surface area (Å²) in [5, 5.41) is 0. The van der Waals surface area contributed by atoms with Crippen LogP contribution < -0.4 is 0 Å². The molecule has 0 aromatic rings. The van der Waals surface area contributed by atoms with Gasteiger partial charge in [-0.2, -0.15) is 0 Å². The number of thiol groups is 2. The van der Waals surface area contributed by atoms with Crippen LogP contribution in [0.3, 0.4) is 0 Å². The van der Waals surface area contributed by atoms with Crippen LogP contribution in [0.2, 0.25) is 8.87 Å². The molecule has 0 saturated heterocycles. The first kappa shape index (κ1) is 14.5. The molecular weight excluding hydrogens is 303 g/mol. The van der Waals surface area contributed by atoms with Crippen LogP contribution >= 0.6 is 25.3 Å². The van der Waals surface area contributed by atoms with Crippen LogP contribution in [0.4, 0.5) is 0 Å². The van der Waals surface area contributed by atoms with Crippen LogP contribution in [-0.4, -0.2) is 28.8 Å². The standard InChI is InChI=1S/2C4H9.C2H5S2.Sn.H/c2*1-3-4-2;3-1-2-4;;/h2*1,3-4H2,2H3;1,3-4H,2H2;;. The van der Waals surface area contributed by atoms with Crippen LogP contribution in [0.1, 0.15) is 39.5 Å². The van der Waals surface area contributed by atoms with Crippen molar-refractivity contribution in [3.05, 3.63) is 0 Å². The molecule has 0 radical (unpaired) electrons. The van der Waals surface area contributed by atoms with Crippen molar-refractivity contribution in [1.29, 1.82) is 0 Å². The van der Waals surface area contributed by atoms with E-state index in [1.165, 1.54) is 25.7 Å². The van der Waals surface area contributed by atoms with E-state index >= 15 is 0 Å². The summed E-state index contributed by atoms with van der Waals surface area (Å²) >= 11 is 7.79. The maximum absolute atomic E-state index is 4.69. The Morgan fingerprint density at radius 2 is 1.54 bits per heavy atom. The second-order valence-corrected chi connectivity index (χ2v) is 16.4. The van der Waals surface area contributed by atoms with Crippen molar-refractivity contribution in [3.63, 3.8) is 0 Å². The van der Waals surface area contributed by atoms with Crippen molar-refractivity contribution >= 4 is 45.0 Å². The quantitative estimate of drug-likeness (QED) is 0.494. The first-order valence-electron chi connectivity index (χ1n) is 5.55. The fraction of sp³-hybridized carbons (Fsp3) is 1.00. The Hall–Kier alpha value is 1.50. The third-order valence-electron chi connectivity index (χ3n) is 2.59. The molecule has 0 fully saturated rings. The Kier molecular flexibility index (Phi) is 11.2. The van der Waals surface area contributed by atoms with Crippen molar-refractivity contribution in [1.82, 2.24) is 0 Å². The first-order valence-corrected chi connectivity index (χ1v) is 13.3. The summed E-state index contributed by atoms with van der Waals surface area (Å²) in [6, 6.07) is 0. The maximum atomic E-state index is 4.69. The Balaban J connectivity index is 3.72. The van der Waals surface area contributed by atoms with Gasteiger partial charge in [0.2, 0.25) is 0 Å². The number of unbranched alkanes of at least 4 members (excludes halogenated alkanes) is 2. The van der Waals surface area contributed by atoms with Gasteiger partial charge in [0.1, 0.15) is 0 Å². The zero-order chi connectivity index (χ0) is 10.1. The molecule has 0 nitrogen and oxygen atoms in total. The molecule has 0 aliphatic carbocycles. The van der Waals surface area contributed by atoms with Gasteiger partial charge in [0.05, 0.1) is 0 Å². The molecule has 1 unspecified atom stereocenters. The van der Waals surface area contributed by atoms with Crippen molar-refractivity contribution in [2.24, 2.45) is 0 Å². The van der Waals surface area contributed by atoms with Gasteiger partial charge >= 0.3 is 102 Å². The minimum absolute atomic E-state index is 0.711. The monoisotopic (exact) mass is 328 g/mol. The molecule has 0 rings (SSSR count). The first-order chi connectivity index (χ1) is 6.26. The molecule has 0 amide bonds. The zero-order valence-corrected chi connectivity index (χ0v) is 14.1. The molecule has 0 aliphatic rings. The normalized spacial score (nSPS) is 13.6. The molecular formula is C10H24S2Sn. The van der Waals surface area contributed by atoms with Gasteiger partial charge in [-0.1, -0.05) is 0 Å². The third-order valence-corrected chi connectivity index (χ3v) is 17.8. The molecule has 0 aromatic carbocycles. The summed E-state index contributed by atoms with van der Waals surface area (Å²) < 4.78 is 3.81. The van der Waals surface area contributed by atoms with E-state index in [9.17, 15) is 0 Å². The Labute approximate surface area is 102 Å². The molecule has 0 bridgehead atoms. The van der Waals surface area contributed by atoms with E-state index in [2.05, 4.69) is 39.1 Å². The summed E-state index contributed by atoms with van der Waals surface area (Å²) in [5.74, 6) is 1.01. The Morgan fingerprint density at radius 3 is 1.85 bits per heavy atom. The molecule has 0 aromatic heterocycles. The van der Waals surface area contributed by atoms with E-state index in [1.54, 1.807) is 8.87 Å². The van der Waals surface area contributed by atoms with E-state index in [4.69, 9.17) is 0 Å². The van der Waals surface area contributed by atoms with Crippen LogP contribution in [0, 0.1) is 0 Å². The van der Waals surface area contributed by atoms with Gasteiger partial charge in [-0.15, -0.1) is 0 Å². The van der Waals surface area contributed by atoms with Gasteiger partial charge in [0.25, 0.3) is 0 Å². The molecule has 3 heteroatoms. The number of rotatable bonds is 8. The van der Waals surface area contributed by atoms with Gasteiger partial charge in [0, 0.05) is 0 Å². The molecule has 0 saturated carbocycles. The Morgan fingerprint density at radius 1 is 1.08 bits per heavy atom. The fourth-order valence-electron chi connectivity index (χ4n) is 1.61. The molecule has 13 heavy (non-hydrogen) atoms. The Bertz CT molecular complexity index is 101. The van der Waals surface area contributed by atoms with Crippen molar-refractivity contribution in [2.75, 3.05) is 5.75 Å². The van der Waals surface area contributed by atoms with Crippen molar-refractivity contribution in [2.45, 2.75) is 51.7 Å². The molecule has 1 atom stereocenters. The topological polar surface area (TPSA) is 0 Å². The summed E-state index contributed by atoms with van der Waals surface area (Å²) in [5.41, 5.74) is 0. The molecule has 80 valence electrons. The average Bonchev–Trinajstić information content (AvgIpc) is 2.17. The van der Waals surface area contributed by atoms with Crippen LogP contribution in [0.15, 0.2) is 0 Å². The molecule has 0 N–H and O–H groups in total. The van der Waals surface area contributed by atoms with Gasteiger partial charge in [-0.05, 0) is 0 Å². The van der Waals surface area contributed by atoms with E-state index < -0.39 is 19.8 Å². The summed E-state index contributed by atoms with van der Waals surface area (Å²) in [7, 11) is 0. The van der Waals surface area contributed by atoms with Gasteiger partial charge in [-0.25, -0.2) is 0 Å². The second-order valence-electron chi connectivity index (χ2n) is 3.79. The molecule has 0 heterocycles. The second kappa shape index (κ2) is 10.0. The van der Waals surface area contributed by atoms with Gasteiger partial charge in [-0.3, -0.25) is 0 Å². The molecule has 0 aliphatic heterocycles. The van der Waals surface area contributed by atoms with E-state index in [1.807, 2.05) is 0 Å². The van der Waals surface area contributed by atoms with Crippen LogP contribution in [0.5, 0.6) is 0 Å². The van der Waals surface area contributed by atoms with Crippen LogP contribution in [0.25, 0.3) is 0 Å². The predicted octanol–water partition coefficient (Wildman–Crippen LogP) is 3.58. The molecule has 0 spiro atoms. The van der Waals surface area contributed by atoms with E-state index in [0.29, 0.717) is 3.27 Å².